The zero-order valence-electron chi connectivity index (χ0n) is 11.9. The fourth-order valence-electron chi connectivity index (χ4n) is 2.02. The number of benzene rings is 1. The molecule has 4 aromatic rings. The SMILES string of the molecule is Cc1cc(-c2nnc3sc(COc4ccc(Cl)cc4)nn23)no1. The third kappa shape index (κ3) is 2.78. The van der Waals surface area contributed by atoms with E-state index in [1.54, 1.807) is 22.7 Å². The van der Waals surface area contributed by atoms with E-state index in [0.717, 1.165) is 10.8 Å². The highest BCUT2D eigenvalue weighted by atomic mass is 35.5. The van der Waals surface area contributed by atoms with E-state index < -0.39 is 0 Å². The van der Waals surface area contributed by atoms with Gasteiger partial charge in [0.2, 0.25) is 10.8 Å². The summed E-state index contributed by atoms with van der Waals surface area (Å²) in [5.74, 6) is 1.98. The molecule has 7 nitrogen and oxygen atoms in total. The Labute approximate surface area is 139 Å². The average molecular weight is 348 g/mol. The lowest BCUT2D eigenvalue weighted by Crippen LogP contribution is -1.97. The van der Waals surface area contributed by atoms with Gasteiger partial charge in [0.05, 0.1) is 0 Å². The number of halogens is 1. The van der Waals surface area contributed by atoms with Crippen molar-refractivity contribution in [2.75, 3.05) is 0 Å². The molecule has 0 saturated carbocycles. The third-order valence-electron chi connectivity index (χ3n) is 3.07. The van der Waals surface area contributed by atoms with Gasteiger partial charge in [0.1, 0.15) is 18.1 Å². The fourth-order valence-corrected chi connectivity index (χ4v) is 2.89. The van der Waals surface area contributed by atoms with Gasteiger partial charge in [-0.3, -0.25) is 0 Å². The van der Waals surface area contributed by atoms with Gasteiger partial charge in [0.25, 0.3) is 0 Å². The van der Waals surface area contributed by atoms with Gasteiger partial charge in [0, 0.05) is 11.1 Å². The number of ether oxygens (including phenoxy) is 1. The predicted molar refractivity (Wildman–Crippen MR) is 84.7 cm³/mol. The van der Waals surface area contributed by atoms with E-state index in [1.807, 2.05) is 19.1 Å². The van der Waals surface area contributed by atoms with Crippen LogP contribution in [0.15, 0.2) is 34.9 Å². The minimum atomic E-state index is 0.340. The molecule has 3 aromatic heterocycles. The first-order chi connectivity index (χ1) is 11.2. The van der Waals surface area contributed by atoms with Crippen LogP contribution < -0.4 is 4.74 Å². The predicted octanol–water partition coefficient (Wildman–Crippen LogP) is 3.38. The summed E-state index contributed by atoms with van der Waals surface area (Å²) >= 11 is 7.26. The van der Waals surface area contributed by atoms with Crippen molar-refractivity contribution in [3.8, 4) is 17.3 Å². The second kappa shape index (κ2) is 5.64. The minimum absolute atomic E-state index is 0.340. The molecule has 0 spiro atoms. The molecule has 0 radical (unpaired) electrons. The van der Waals surface area contributed by atoms with Crippen LogP contribution in [-0.4, -0.2) is 25.0 Å². The summed E-state index contributed by atoms with van der Waals surface area (Å²) in [7, 11) is 0. The van der Waals surface area contributed by atoms with Crippen LogP contribution in [0.1, 0.15) is 10.8 Å². The van der Waals surface area contributed by atoms with Crippen molar-refractivity contribution in [2.24, 2.45) is 0 Å². The van der Waals surface area contributed by atoms with Crippen molar-refractivity contribution in [1.82, 2.24) is 25.0 Å². The molecular weight excluding hydrogens is 338 g/mol. The number of aryl methyl sites for hydroxylation is 1. The molecule has 0 aliphatic carbocycles. The summed E-state index contributed by atoms with van der Waals surface area (Å²) in [6.07, 6.45) is 0. The zero-order valence-corrected chi connectivity index (χ0v) is 13.5. The Hall–Kier alpha value is -2.45. The van der Waals surface area contributed by atoms with Crippen molar-refractivity contribution in [2.45, 2.75) is 13.5 Å². The van der Waals surface area contributed by atoms with E-state index >= 15 is 0 Å². The first-order valence-corrected chi connectivity index (χ1v) is 7.92. The molecule has 1 aromatic carbocycles. The highest BCUT2D eigenvalue weighted by Gasteiger charge is 2.16. The Balaban J connectivity index is 1.57. The maximum absolute atomic E-state index is 5.85. The summed E-state index contributed by atoms with van der Waals surface area (Å²) in [6.45, 7) is 2.16. The smallest absolute Gasteiger partial charge is 0.235 e. The van der Waals surface area contributed by atoms with Crippen molar-refractivity contribution in [3.05, 3.63) is 46.1 Å². The normalized spacial score (nSPS) is 11.2. The molecule has 9 heteroatoms. The van der Waals surface area contributed by atoms with E-state index in [4.69, 9.17) is 20.9 Å². The summed E-state index contributed by atoms with van der Waals surface area (Å²) in [5.41, 5.74) is 0.602. The Morgan fingerprint density at radius 1 is 1.26 bits per heavy atom. The van der Waals surface area contributed by atoms with Crippen molar-refractivity contribution in [3.63, 3.8) is 0 Å². The molecule has 0 atom stereocenters. The number of hydrogen-bond acceptors (Lipinski definition) is 7. The van der Waals surface area contributed by atoms with E-state index in [9.17, 15) is 0 Å². The molecule has 0 aliphatic rings. The first kappa shape index (κ1) is 14.2. The number of aromatic nitrogens is 5. The second-order valence-electron chi connectivity index (χ2n) is 4.78. The zero-order chi connectivity index (χ0) is 15.8. The van der Waals surface area contributed by atoms with Gasteiger partial charge in [-0.25, -0.2) is 0 Å². The monoisotopic (exact) mass is 347 g/mol. The molecule has 23 heavy (non-hydrogen) atoms. The molecule has 0 aliphatic heterocycles. The van der Waals surface area contributed by atoms with Crippen LogP contribution in [0.4, 0.5) is 0 Å². The molecule has 0 amide bonds. The van der Waals surface area contributed by atoms with Gasteiger partial charge >= 0.3 is 0 Å². The van der Waals surface area contributed by atoms with Gasteiger partial charge in [-0.05, 0) is 31.2 Å². The summed E-state index contributed by atoms with van der Waals surface area (Å²) in [5, 5.41) is 18.1. The van der Waals surface area contributed by atoms with Crippen LogP contribution in [0.5, 0.6) is 5.75 Å². The Morgan fingerprint density at radius 3 is 2.83 bits per heavy atom. The van der Waals surface area contributed by atoms with Gasteiger partial charge in [-0.15, -0.1) is 10.2 Å². The highest BCUT2D eigenvalue weighted by Crippen LogP contribution is 2.23. The molecule has 3 heterocycles. The van der Waals surface area contributed by atoms with E-state index in [0.29, 0.717) is 33.9 Å². The van der Waals surface area contributed by atoms with Gasteiger partial charge in [-0.2, -0.15) is 9.61 Å². The summed E-state index contributed by atoms with van der Waals surface area (Å²) in [4.78, 5) is 0.676. The highest BCUT2D eigenvalue weighted by molar-refractivity contribution is 7.16. The van der Waals surface area contributed by atoms with Crippen LogP contribution in [0, 0.1) is 6.92 Å². The largest absolute Gasteiger partial charge is 0.486 e. The molecule has 4 rings (SSSR count). The maximum atomic E-state index is 5.85. The molecule has 116 valence electrons. The Bertz CT molecular complexity index is 959. The average Bonchev–Trinajstić information content (AvgIpc) is 3.22. The van der Waals surface area contributed by atoms with Crippen molar-refractivity contribution < 1.29 is 9.26 Å². The first-order valence-electron chi connectivity index (χ1n) is 6.72. The Kier molecular flexibility index (Phi) is 3.47. The van der Waals surface area contributed by atoms with Crippen molar-refractivity contribution >= 4 is 27.9 Å². The van der Waals surface area contributed by atoms with Crippen LogP contribution in [0.3, 0.4) is 0 Å². The molecule has 0 unspecified atom stereocenters. The van der Waals surface area contributed by atoms with Crippen LogP contribution in [-0.2, 0) is 6.61 Å². The topological polar surface area (TPSA) is 78.3 Å². The second-order valence-corrected chi connectivity index (χ2v) is 6.26. The van der Waals surface area contributed by atoms with E-state index in [-0.39, 0.29) is 0 Å². The minimum Gasteiger partial charge on any atom is -0.486 e. The van der Waals surface area contributed by atoms with Crippen LogP contribution in [0.25, 0.3) is 16.5 Å². The quantitative estimate of drug-likeness (QED) is 0.563. The lowest BCUT2D eigenvalue weighted by atomic mass is 10.3. The molecular formula is C14H10ClN5O2S. The van der Waals surface area contributed by atoms with Gasteiger partial charge in [-0.1, -0.05) is 28.1 Å². The van der Waals surface area contributed by atoms with Crippen molar-refractivity contribution in [1.29, 1.82) is 0 Å². The summed E-state index contributed by atoms with van der Waals surface area (Å²) < 4.78 is 12.4. The Morgan fingerprint density at radius 2 is 2.09 bits per heavy atom. The molecule has 0 N–H and O–H groups in total. The fraction of sp³-hybridized carbons (Fsp3) is 0.143. The molecule has 0 fully saturated rings. The van der Waals surface area contributed by atoms with Gasteiger partial charge < -0.3 is 9.26 Å². The molecule has 0 saturated heterocycles. The lowest BCUT2D eigenvalue weighted by molar-refractivity contribution is 0.304. The number of nitrogens with zero attached hydrogens (tertiary/aromatic N) is 5. The van der Waals surface area contributed by atoms with E-state index in [2.05, 4.69) is 20.5 Å². The third-order valence-corrected chi connectivity index (χ3v) is 4.19. The molecule has 0 bridgehead atoms. The number of fused-ring (bicyclic) bond motifs is 1. The number of hydrogen-bond donors (Lipinski definition) is 0. The number of rotatable bonds is 4. The van der Waals surface area contributed by atoms with E-state index in [1.165, 1.54) is 11.3 Å². The maximum Gasteiger partial charge on any atom is 0.235 e. The summed E-state index contributed by atoms with van der Waals surface area (Å²) in [6, 6.07) is 8.97. The van der Waals surface area contributed by atoms with Crippen LogP contribution >= 0.6 is 22.9 Å². The van der Waals surface area contributed by atoms with Gasteiger partial charge in [0.15, 0.2) is 10.7 Å². The lowest BCUT2D eigenvalue weighted by Gasteiger charge is -2.02. The van der Waals surface area contributed by atoms with Crippen LogP contribution in [0.2, 0.25) is 5.02 Å². The standard InChI is InChI=1S/C14H10ClN5O2S/c1-8-6-11(19-22-8)13-16-17-14-20(13)18-12(23-14)7-21-10-4-2-9(15)3-5-10/h2-6H,7H2,1H3.